The summed E-state index contributed by atoms with van der Waals surface area (Å²) in [5.41, 5.74) is 0.650. The quantitative estimate of drug-likeness (QED) is 0.912. The third kappa shape index (κ3) is 3.27. The molecule has 4 nitrogen and oxygen atoms in total. The largest absolute Gasteiger partial charge is 0.443 e. The first kappa shape index (κ1) is 14.3. The summed E-state index contributed by atoms with van der Waals surface area (Å²) in [6.07, 6.45) is 0.237. The molecule has 0 saturated carbocycles. The van der Waals surface area contributed by atoms with Crippen LogP contribution in [0.15, 0.2) is 48.7 Å². The van der Waals surface area contributed by atoms with Gasteiger partial charge in [0.05, 0.1) is 5.69 Å². The molecule has 0 bridgehead atoms. The lowest BCUT2D eigenvalue weighted by atomic mass is 10.1. The van der Waals surface area contributed by atoms with Crippen LogP contribution in [0.3, 0.4) is 0 Å². The van der Waals surface area contributed by atoms with Gasteiger partial charge in [-0.2, -0.15) is 0 Å². The highest BCUT2D eigenvalue weighted by Gasteiger charge is 2.22. The molecule has 20 heavy (non-hydrogen) atoms. The maximum absolute atomic E-state index is 12.1. The molecule has 0 aliphatic carbocycles. The smallest absolute Gasteiger partial charge is 0.418 e. The first-order chi connectivity index (χ1) is 9.38. The SMILES string of the molecule is CC(C)(C)OC(=O)n1cccc1C(O)c1ccccc1. The van der Waals surface area contributed by atoms with Crippen molar-refractivity contribution in [1.82, 2.24) is 4.57 Å². The molecule has 0 aliphatic heterocycles. The Balaban J connectivity index is 2.27. The van der Waals surface area contributed by atoms with Crippen LogP contribution in [0.4, 0.5) is 4.79 Å². The van der Waals surface area contributed by atoms with Gasteiger partial charge in [0.2, 0.25) is 0 Å². The third-order valence-electron chi connectivity index (χ3n) is 2.77. The molecule has 0 fully saturated rings. The summed E-state index contributed by atoms with van der Waals surface area (Å²) >= 11 is 0. The van der Waals surface area contributed by atoms with Gasteiger partial charge in [-0.05, 0) is 38.5 Å². The van der Waals surface area contributed by atoms with Crippen molar-refractivity contribution < 1.29 is 14.6 Å². The Morgan fingerprint density at radius 1 is 1.15 bits per heavy atom. The van der Waals surface area contributed by atoms with E-state index in [2.05, 4.69) is 0 Å². The number of carbonyl (C=O) groups excluding carboxylic acids is 1. The van der Waals surface area contributed by atoms with Crippen LogP contribution < -0.4 is 0 Å². The standard InChI is InChI=1S/C16H19NO3/c1-16(2,3)20-15(19)17-11-7-10-13(17)14(18)12-8-5-4-6-9-12/h4-11,14,18H,1-3H3. The molecule has 0 amide bonds. The monoisotopic (exact) mass is 273 g/mol. The molecule has 1 atom stereocenters. The molecule has 4 heteroatoms. The van der Waals surface area contributed by atoms with Crippen molar-refractivity contribution in [3.05, 3.63) is 59.9 Å². The molecule has 2 rings (SSSR count). The summed E-state index contributed by atoms with van der Waals surface area (Å²) in [5.74, 6) is 0. The van der Waals surface area contributed by atoms with Crippen LogP contribution in [0.25, 0.3) is 0 Å². The summed E-state index contributed by atoms with van der Waals surface area (Å²) in [6.45, 7) is 5.42. The van der Waals surface area contributed by atoms with E-state index in [0.717, 1.165) is 5.56 Å². The first-order valence-electron chi connectivity index (χ1n) is 6.52. The van der Waals surface area contributed by atoms with E-state index >= 15 is 0 Å². The second-order valence-corrected chi connectivity index (χ2v) is 5.60. The summed E-state index contributed by atoms with van der Waals surface area (Å²) in [7, 11) is 0. The highest BCUT2D eigenvalue weighted by atomic mass is 16.6. The predicted octanol–water partition coefficient (Wildman–Crippen LogP) is 3.35. The number of hydrogen-bond donors (Lipinski definition) is 1. The van der Waals surface area contributed by atoms with Gasteiger partial charge in [0.15, 0.2) is 0 Å². The Bertz CT molecular complexity index is 581. The van der Waals surface area contributed by atoms with Gasteiger partial charge in [-0.3, -0.25) is 4.57 Å². The van der Waals surface area contributed by atoms with Crippen LogP contribution in [0, 0.1) is 0 Å². The fourth-order valence-electron chi connectivity index (χ4n) is 1.90. The van der Waals surface area contributed by atoms with E-state index in [1.807, 2.05) is 51.1 Å². The molecule has 1 heterocycles. The third-order valence-corrected chi connectivity index (χ3v) is 2.77. The van der Waals surface area contributed by atoms with Crippen molar-refractivity contribution in [1.29, 1.82) is 0 Å². The van der Waals surface area contributed by atoms with Crippen LogP contribution in [0.2, 0.25) is 0 Å². The van der Waals surface area contributed by atoms with Crippen molar-refractivity contribution in [2.75, 3.05) is 0 Å². The van der Waals surface area contributed by atoms with Gasteiger partial charge >= 0.3 is 6.09 Å². The van der Waals surface area contributed by atoms with Gasteiger partial charge in [-0.1, -0.05) is 30.3 Å². The Morgan fingerprint density at radius 2 is 1.80 bits per heavy atom. The van der Waals surface area contributed by atoms with Crippen molar-refractivity contribution >= 4 is 6.09 Å². The first-order valence-corrected chi connectivity index (χ1v) is 6.52. The van der Waals surface area contributed by atoms with Gasteiger partial charge in [-0.15, -0.1) is 0 Å². The lowest BCUT2D eigenvalue weighted by molar-refractivity contribution is 0.0520. The van der Waals surface area contributed by atoms with Gasteiger partial charge in [0, 0.05) is 6.20 Å². The van der Waals surface area contributed by atoms with E-state index in [-0.39, 0.29) is 0 Å². The van der Waals surface area contributed by atoms with Crippen LogP contribution in [0.5, 0.6) is 0 Å². The topological polar surface area (TPSA) is 51.5 Å². The zero-order valence-electron chi connectivity index (χ0n) is 11.9. The number of aromatic nitrogens is 1. The number of rotatable bonds is 2. The van der Waals surface area contributed by atoms with Gasteiger partial charge in [0.25, 0.3) is 0 Å². The Labute approximate surface area is 118 Å². The highest BCUT2D eigenvalue weighted by molar-refractivity contribution is 5.72. The summed E-state index contributed by atoms with van der Waals surface area (Å²) < 4.78 is 6.66. The van der Waals surface area contributed by atoms with Gasteiger partial charge in [0.1, 0.15) is 11.7 Å². The minimum absolute atomic E-state index is 0.491. The van der Waals surface area contributed by atoms with E-state index in [4.69, 9.17) is 4.74 Å². The van der Waals surface area contributed by atoms with E-state index in [1.165, 1.54) is 4.57 Å². The maximum atomic E-state index is 12.1. The number of nitrogens with zero attached hydrogens (tertiary/aromatic N) is 1. The van der Waals surface area contributed by atoms with Gasteiger partial charge in [-0.25, -0.2) is 4.79 Å². The van der Waals surface area contributed by atoms with Crippen LogP contribution >= 0.6 is 0 Å². The molecular formula is C16H19NO3. The van der Waals surface area contributed by atoms with Crippen molar-refractivity contribution in [3.63, 3.8) is 0 Å². The summed E-state index contributed by atoms with van der Waals surface area (Å²) in [5, 5.41) is 10.4. The summed E-state index contributed by atoms with van der Waals surface area (Å²) in [6, 6.07) is 12.6. The lowest BCUT2D eigenvalue weighted by Crippen LogP contribution is -2.28. The minimum Gasteiger partial charge on any atom is -0.443 e. The van der Waals surface area contributed by atoms with Crippen LogP contribution in [0.1, 0.15) is 38.1 Å². The number of hydrogen-bond acceptors (Lipinski definition) is 3. The van der Waals surface area contributed by atoms with Crippen LogP contribution in [-0.4, -0.2) is 21.4 Å². The summed E-state index contributed by atoms with van der Waals surface area (Å²) in [4.78, 5) is 12.1. The fraction of sp³-hybridized carbons (Fsp3) is 0.312. The number of aliphatic hydroxyl groups excluding tert-OH is 1. The number of carbonyl (C=O) groups is 1. The average molecular weight is 273 g/mol. The molecular weight excluding hydrogens is 254 g/mol. The zero-order chi connectivity index (χ0) is 14.8. The normalized spacial score (nSPS) is 13.0. The van der Waals surface area contributed by atoms with Crippen molar-refractivity contribution in [2.24, 2.45) is 0 Å². The van der Waals surface area contributed by atoms with Gasteiger partial charge < -0.3 is 9.84 Å². The minimum atomic E-state index is -0.862. The number of benzene rings is 1. The predicted molar refractivity (Wildman–Crippen MR) is 76.6 cm³/mol. The van der Waals surface area contributed by atoms with E-state index in [0.29, 0.717) is 5.69 Å². The Hall–Kier alpha value is -2.07. The molecule has 1 N–H and O–H groups in total. The maximum Gasteiger partial charge on any atom is 0.418 e. The number of aliphatic hydroxyl groups is 1. The second kappa shape index (κ2) is 5.51. The number of ether oxygens (including phenoxy) is 1. The molecule has 1 unspecified atom stereocenters. The molecule has 106 valence electrons. The van der Waals surface area contributed by atoms with Crippen molar-refractivity contribution in [2.45, 2.75) is 32.5 Å². The Morgan fingerprint density at radius 3 is 2.40 bits per heavy atom. The average Bonchev–Trinajstić information content (AvgIpc) is 2.86. The molecule has 0 aliphatic rings. The Kier molecular flexibility index (Phi) is 3.95. The van der Waals surface area contributed by atoms with Crippen LogP contribution in [-0.2, 0) is 4.74 Å². The van der Waals surface area contributed by atoms with E-state index < -0.39 is 17.8 Å². The molecule has 1 aromatic carbocycles. The highest BCUT2D eigenvalue weighted by Crippen LogP contribution is 2.23. The fourth-order valence-corrected chi connectivity index (χ4v) is 1.90. The van der Waals surface area contributed by atoms with E-state index in [1.54, 1.807) is 18.3 Å². The lowest BCUT2D eigenvalue weighted by Gasteiger charge is -2.21. The zero-order valence-corrected chi connectivity index (χ0v) is 11.9. The molecule has 2 aromatic rings. The molecule has 1 aromatic heterocycles. The molecule has 0 saturated heterocycles. The molecule has 0 spiro atoms. The van der Waals surface area contributed by atoms with Crippen molar-refractivity contribution in [3.8, 4) is 0 Å². The second-order valence-electron chi connectivity index (χ2n) is 5.60. The molecule has 0 radical (unpaired) electrons. The van der Waals surface area contributed by atoms with E-state index in [9.17, 15) is 9.90 Å².